The normalized spacial score (nSPS) is 10.9. The molecule has 0 bridgehead atoms. The van der Waals surface area contributed by atoms with Gasteiger partial charge in [0.1, 0.15) is 0 Å². The first-order valence-corrected chi connectivity index (χ1v) is 5.64. The number of unbranched alkanes of at least 4 members (excludes halogenated alkanes) is 5. The Morgan fingerprint density at radius 2 is 1.64 bits per heavy atom. The number of carboxylic acids is 1. The van der Waals surface area contributed by atoms with Gasteiger partial charge in [-0.25, -0.2) is 0 Å². The van der Waals surface area contributed by atoms with Crippen LogP contribution in [0.1, 0.15) is 58.3 Å². The zero-order chi connectivity index (χ0) is 10.6. The monoisotopic (exact) mass is 198 g/mol. The largest absolute Gasteiger partial charge is 0.481 e. The number of aliphatic carboxylic acids is 1. The molecule has 0 aliphatic carbocycles. The van der Waals surface area contributed by atoms with Gasteiger partial charge in [-0.15, -0.1) is 0 Å². The molecule has 14 heavy (non-hydrogen) atoms. The van der Waals surface area contributed by atoms with Crippen molar-refractivity contribution in [2.45, 2.75) is 58.3 Å². The van der Waals surface area contributed by atoms with Gasteiger partial charge in [0.05, 0.1) is 0 Å². The molecule has 0 aromatic rings. The summed E-state index contributed by atoms with van der Waals surface area (Å²) < 4.78 is 0. The molecule has 0 amide bonds. The summed E-state index contributed by atoms with van der Waals surface area (Å²) in [4.78, 5) is 10.2. The fourth-order valence-corrected chi connectivity index (χ4v) is 1.29. The van der Waals surface area contributed by atoms with Crippen molar-refractivity contribution in [2.24, 2.45) is 0 Å². The van der Waals surface area contributed by atoms with Crippen molar-refractivity contribution in [3.05, 3.63) is 12.2 Å². The van der Waals surface area contributed by atoms with Gasteiger partial charge in [-0.3, -0.25) is 4.79 Å². The number of allylic oxidation sites excluding steroid dienone is 2. The topological polar surface area (TPSA) is 37.3 Å². The van der Waals surface area contributed by atoms with Crippen LogP contribution in [0.4, 0.5) is 0 Å². The Labute approximate surface area is 87.0 Å². The molecule has 0 fully saturated rings. The molecule has 0 aromatic heterocycles. The minimum atomic E-state index is -0.683. The highest BCUT2D eigenvalue weighted by Crippen LogP contribution is 2.03. The van der Waals surface area contributed by atoms with E-state index < -0.39 is 5.97 Å². The van der Waals surface area contributed by atoms with E-state index in [1.165, 1.54) is 25.7 Å². The Balaban J connectivity index is 3.07. The van der Waals surface area contributed by atoms with E-state index in [2.05, 4.69) is 19.1 Å². The molecule has 0 radical (unpaired) electrons. The van der Waals surface area contributed by atoms with Crippen LogP contribution >= 0.6 is 0 Å². The van der Waals surface area contributed by atoms with Crippen molar-refractivity contribution in [2.75, 3.05) is 0 Å². The Kier molecular flexibility index (Phi) is 9.71. The molecule has 0 aliphatic heterocycles. The lowest BCUT2D eigenvalue weighted by atomic mass is 10.1. The van der Waals surface area contributed by atoms with Crippen LogP contribution in [0, 0.1) is 0 Å². The van der Waals surface area contributed by atoms with Gasteiger partial charge in [0, 0.05) is 6.42 Å². The average Bonchev–Trinajstić information content (AvgIpc) is 2.15. The van der Waals surface area contributed by atoms with Crippen molar-refractivity contribution >= 4 is 5.97 Å². The van der Waals surface area contributed by atoms with E-state index in [0.717, 1.165) is 19.3 Å². The Hall–Kier alpha value is -0.790. The van der Waals surface area contributed by atoms with Crippen molar-refractivity contribution < 1.29 is 9.90 Å². The first-order valence-electron chi connectivity index (χ1n) is 5.64. The van der Waals surface area contributed by atoms with Crippen LogP contribution in [-0.2, 0) is 4.79 Å². The summed E-state index contributed by atoms with van der Waals surface area (Å²) in [6, 6.07) is 0. The summed E-state index contributed by atoms with van der Waals surface area (Å²) in [6.07, 6.45) is 12.6. The maximum absolute atomic E-state index is 10.2. The highest BCUT2D eigenvalue weighted by Gasteiger charge is 1.93. The van der Waals surface area contributed by atoms with E-state index in [9.17, 15) is 4.79 Å². The molecule has 0 saturated carbocycles. The third kappa shape index (κ3) is 11.2. The van der Waals surface area contributed by atoms with Crippen LogP contribution in [0.5, 0.6) is 0 Å². The van der Waals surface area contributed by atoms with E-state index in [1.807, 2.05) is 0 Å². The lowest BCUT2D eigenvalue weighted by Crippen LogP contribution is -1.92. The molecular formula is C12H22O2. The van der Waals surface area contributed by atoms with E-state index >= 15 is 0 Å². The van der Waals surface area contributed by atoms with Crippen LogP contribution in [-0.4, -0.2) is 11.1 Å². The van der Waals surface area contributed by atoms with Crippen molar-refractivity contribution in [1.82, 2.24) is 0 Å². The molecule has 82 valence electrons. The second-order valence-electron chi connectivity index (χ2n) is 3.61. The molecule has 0 rings (SSSR count). The average molecular weight is 198 g/mol. The molecule has 0 unspecified atom stereocenters. The molecule has 0 atom stereocenters. The molecule has 2 heteroatoms. The van der Waals surface area contributed by atoms with Gasteiger partial charge in [0.25, 0.3) is 0 Å². The van der Waals surface area contributed by atoms with E-state index in [4.69, 9.17) is 5.11 Å². The maximum atomic E-state index is 10.2. The highest BCUT2D eigenvalue weighted by molar-refractivity contribution is 5.66. The Morgan fingerprint density at radius 1 is 1.07 bits per heavy atom. The predicted molar refractivity (Wildman–Crippen MR) is 59.4 cm³/mol. The van der Waals surface area contributed by atoms with Gasteiger partial charge in [-0.1, -0.05) is 31.9 Å². The lowest BCUT2D eigenvalue weighted by molar-refractivity contribution is -0.137. The number of hydrogen-bond donors (Lipinski definition) is 1. The summed E-state index contributed by atoms with van der Waals surface area (Å²) in [6.45, 7) is 2.20. The summed E-state index contributed by atoms with van der Waals surface area (Å²) in [5.41, 5.74) is 0. The second kappa shape index (κ2) is 10.3. The van der Waals surface area contributed by atoms with Gasteiger partial charge < -0.3 is 5.11 Å². The van der Waals surface area contributed by atoms with Crippen LogP contribution < -0.4 is 0 Å². The van der Waals surface area contributed by atoms with E-state index in [0.29, 0.717) is 6.42 Å². The fourth-order valence-electron chi connectivity index (χ4n) is 1.29. The molecule has 0 aromatic carbocycles. The molecule has 0 saturated heterocycles. The molecule has 0 heterocycles. The highest BCUT2D eigenvalue weighted by atomic mass is 16.4. The molecule has 0 aliphatic rings. The van der Waals surface area contributed by atoms with Crippen LogP contribution in [0.2, 0.25) is 0 Å². The summed E-state index contributed by atoms with van der Waals surface area (Å²) >= 11 is 0. The number of hydrogen-bond acceptors (Lipinski definition) is 1. The van der Waals surface area contributed by atoms with Crippen molar-refractivity contribution in [3.8, 4) is 0 Å². The minimum absolute atomic E-state index is 0.309. The fraction of sp³-hybridized carbons (Fsp3) is 0.750. The van der Waals surface area contributed by atoms with Gasteiger partial charge in [-0.2, -0.15) is 0 Å². The summed E-state index contributed by atoms with van der Waals surface area (Å²) in [5.74, 6) is -0.683. The second-order valence-corrected chi connectivity index (χ2v) is 3.61. The first-order chi connectivity index (χ1) is 6.77. The SMILES string of the molecule is CCCCCC=CCCCCC(=O)O. The summed E-state index contributed by atoms with van der Waals surface area (Å²) in [5, 5.41) is 8.40. The first kappa shape index (κ1) is 13.2. The summed E-state index contributed by atoms with van der Waals surface area (Å²) in [7, 11) is 0. The smallest absolute Gasteiger partial charge is 0.303 e. The molecular weight excluding hydrogens is 176 g/mol. The van der Waals surface area contributed by atoms with Crippen LogP contribution in [0.15, 0.2) is 12.2 Å². The van der Waals surface area contributed by atoms with Gasteiger partial charge in [0.2, 0.25) is 0 Å². The Bertz CT molecular complexity index is 162. The number of carbonyl (C=O) groups is 1. The van der Waals surface area contributed by atoms with E-state index in [-0.39, 0.29) is 0 Å². The van der Waals surface area contributed by atoms with Crippen molar-refractivity contribution in [1.29, 1.82) is 0 Å². The van der Waals surface area contributed by atoms with Crippen molar-refractivity contribution in [3.63, 3.8) is 0 Å². The predicted octanol–water partition coefficient (Wildman–Crippen LogP) is 3.77. The zero-order valence-corrected chi connectivity index (χ0v) is 9.17. The third-order valence-corrected chi connectivity index (χ3v) is 2.15. The number of rotatable bonds is 9. The standard InChI is InChI=1S/C12H22O2/c1-2-3-4-5-6-7-8-9-10-11-12(13)14/h6-7H,2-5,8-11H2,1H3,(H,13,14). The van der Waals surface area contributed by atoms with Gasteiger partial charge in [0.15, 0.2) is 0 Å². The molecule has 1 N–H and O–H groups in total. The number of carboxylic acid groups (broad SMARTS) is 1. The quantitative estimate of drug-likeness (QED) is 0.452. The van der Waals surface area contributed by atoms with E-state index in [1.54, 1.807) is 0 Å². The third-order valence-electron chi connectivity index (χ3n) is 2.15. The zero-order valence-electron chi connectivity index (χ0n) is 9.17. The maximum Gasteiger partial charge on any atom is 0.303 e. The van der Waals surface area contributed by atoms with Crippen LogP contribution in [0.25, 0.3) is 0 Å². The molecule has 0 spiro atoms. The van der Waals surface area contributed by atoms with Crippen LogP contribution in [0.3, 0.4) is 0 Å². The van der Waals surface area contributed by atoms with Gasteiger partial charge >= 0.3 is 5.97 Å². The minimum Gasteiger partial charge on any atom is -0.481 e. The van der Waals surface area contributed by atoms with Gasteiger partial charge in [-0.05, 0) is 32.1 Å². The Morgan fingerprint density at radius 3 is 2.14 bits per heavy atom. The molecule has 2 nitrogen and oxygen atoms in total. The lowest BCUT2D eigenvalue weighted by Gasteiger charge is -1.94.